The van der Waals surface area contributed by atoms with Crippen molar-refractivity contribution >= 4 is 5.91 Å². The Hall–Kier alpha value is -1.13. The molecule has 1 heterocycles. The molecule has 1 aliphatic heterocycles. The zero-order valence-electron chi connectivity index (χ0n) is 6.15. The molecule has 0 aliphatic carbocycles. The van der Waals surface area contributed by atoms with Crippen LogP contribution in [-0.2, 0) is 4.79 Å². The lowest BCUT2D eigenvalue weighted by molar-refractivity contribution is -0.468. The zero-order valence-corrected chi connectivity index (χ0v) is 6.15. The number of amides is 1. The van der Waals surface area contributed by atoms with Crippen LogP contribution < -0.4 is 0 Å². The Morgan fingerprint density at radius 3 is 2.45 bits per heavy atom. The third kappa shape index (κ3) is 2.18. The number of rotatable bonds is 2. The highest BCUT2D eigenvalue weighted by atomic mass is 16.6. The van der Waals surface area contributed by atoms with Crippen molar-refractivity contribution < 1.29 is 9.72 Å². The second-order valence-corrected chi connectivity index (χ2v) is 2.58. The Balaban J connectivity index is 2.34. The highest BCUT2D eigenvalue weighted by Crippen LogP contribution is 2.06. The van der Waals surface area contributed by atoms with Crippen molar-refractivity contribution in [2.24, 2.45) is 0 Å². The molecule has 1 saturated heterocycles. The molecule has 1 fully saturated rings. The fraction of sp³-hybridized carbons (Fsp3) is 0.833. The highest BCUT2D eigenvalue weighted by molar-refractivity contribution is 5.77. The van der Waals surface area contributed by atoms with Gasteiger partial charge >= 0.3 is 0 Å². The van der Waals surface area contributed by atoms with Gasteiger partial charge in [0, 0.05) is 18.0 Å². The van der Waals surface area contributed by atoms with E-state index in [2.05, 4.69) is 0 Å². The van der Waals surface area contributed by atoms with Gasteiger partial charge in [-0.1, -0.05) is 0 Å². The molecule has 1 aliphatic rings. The zero-order chi connectivity index (χ0) is 8.27. The topological polar surface area (TPSA) is 63.4 Å². The van der Waals surface area contributed by atoms with Gasteiger partial charge in [-0.25, -0.2) is 0 Å². The second kappa shape index (κ2) is 3.32. The van der Waals surface area contributed by atoms with Crippen molar-refractivity contribution in [2.45, 2.75) is 12.8 Å². The molecule has 0 bridgehead atoms. The quantitative estimate of drug-likeness (QED) is 0.416. The fourth-order valence-corrected chi connectivity index (χ4v) is 1.18. The molecule has 0 spiro atoms. The number of hydrogen-bond donors (Lipinski definition) is 0. The molecule has 0 saturated carbocycles. The average molecular weight is 158 g/mol. The molecular weight excluding hydrogens is 148 g/mol. The monoisotopic (exact) mass is 158 g/mol. The third-order valence-corrected chi connectivity index (χ3v) is 1.72. The summed E-state index contributed by atoms with van der Waals surface area (Å²) in [6.45, 7) is 0.819. The van der Waals surface area contributed by atoms with Crippen molar-refractivity contribution in [3.63, 3.8) is 0 Å². The van der Waals surface area contributed by atoms with E-state index in [-0.39, 0.29) is 5.91 Å². The van der Waals surface area contributed by atoms with Crippen LogP contribution in [0.5, 0.6) is 0 Å². The van der Waals surface area contributed by atoms with E-state index < -0.39 is 11.5 Å². The molecule has 0 atom stereocenters. The van der Waals surface area contributed by atoms with Crippen molar-refractivity contribution in [3.8, 4) is 0 Å². The lowest BCUT2D eigenvalue weighted by Crippen LogP contribution is -2.32. The normalized spacial score (nSPS) is 16.9. The maximum atomic E-state index is 10.9. The molecular formula is C6H10N2O3. The van der Waals surface area contributed by atoms with E-state index in [1.165, 1.54) is 0 Å². The molecule has 5 nitrogen and oxygen atoms in total. The molecule has 1 amide bonds. The first-order valence-corrected chi connectivity index (χ1v) is 3.60. The van der Waals surface area contributed by atoms with Crippen LogP contribution in [0.15, 0.2) is 0 Å². The van der Waals surface area contributed by atoms with E-state index in [1.807, 2.05) is 0 Å². The summed E-state index contributed by atoms with van der Waals surface area (Å²) in [6, 6.07) is 0. The number of carbonyl (C=O) groups is 1. The number of likely N-dealkylation sites (tertiary alicyclic amines) is 1. The van der Waals surface area contributed by atoms with E-state index in [0.717, 1.165) is 12.8 Å². The Labute approximate surface area is 64.1 Å². The van der Waals surface area contributed by atoms with Crippen LogP contribution in [0.3, 0.4) is 0 Å². The minimum absolute atomic E-state index is 0.354. The summed E-state index contributed by atoms with van der Waals surface area (Å²) in [5.41, 5.74) is 0. The maximum absolute atomic E-state index is 10.9. The lowest BCUT2D eigenvalue weighted by Gasteiger charge is -2.11. The smallest absolute Gasteiger partial charge is 0.294 e. The summed E-state index contributed by atoms with van der Waals surface area (Å²) in [6.07, 6.45) is 1.95. The highest BCUT2D eigenvalue weighted by Gasteiger charge is 2.21. The summed E-state index contributed by atoms with van der Waals surface area (Å²) in [7, 11) is 0. The first-order valence-electron chi connectivity index (χ1n) is 3.60. The fourth-order valence-electron chi connectivity index (χ4n) is 1.18. The van der Waals surface area contributed by atoms with Gasteiger partial charge in [-0.15, -0.1) is 0 Å². The minimum Gasteiger partial charge on any atom is -0.337 e. The molecule has 0 radical (unpaired) electrons. The van der Waals surface area contributed by atoms with Crippen molar-refractivity contribution in [3.05, 3.63) is 10.1 Å². The number of nitrogens with zero attached hydrogens (tertiary/aromatic N) is 2. The van der Waals surface area contributed by atoms with E-state index in [9.17, 15) is 14.9 Å². The van der Waals surface area contributed by atoms with Crippen LogP contribution >= 0.6 is 0 Å². The maximum Gasteiger partial charge on any atom is 0.294 e. The van der Waals surface area contributed by atoms with Gasteiger partial charge in [0.1, 0.15) is 0 Å². The van der Waals surface area contributed by atoms with Crippen molar-refractivity contribution in [1.29, 1.82) is 0 Å². The van der Waals surface area contributed by atoms with Gasteiger partial charge in [0.25, 0.3) is 12.5 Å². The Kier molecular flexibility index (Phi) is 2.40. The minimum atomic E-state index is -0.583. The van der Waals surface area contributed by atoms with Gasteiger partial charge in [0.2, 0.25) is 0 Å². The summed E-state index contributed by atoms with van der Waals surface area (Å²) in [5, 5.41) is 9.92. The van der Waals surface area contributed by atoms with E-state index in [4.69, 9.17) is 0 Å². The van der Waals surface area contributed by atoms with Gasteiger partial charge in [0.05, 0.1) is 0 Å². The predicted molar refractivity (Wildman–Crippen MR) is 37.7 cm³/mol. The van der Waals surface area contributed by atoms with Gasteiger partial charge < -0.3 is 4.90 Å². The summed E-state index contributed by atoms with van der Waals surface area (Å²) >= 11 is 0. The largest absolute Gasteiger partial charge is 0.337 e. The SMILES string of the molecule is O=C(C[N+](=O)[O-])N1CCCC1. The summed E-state index contributed by atoms with van der Waals surface area (Å²) < 4.78 is 0. The van der Waals surface area contributed by atoms with E-state index >= 15 is 0 Å². The predicted octanol–water partition coefficient (Wildman–Crippen LogP) is -0.115. The molecule has 0 aromatic heterocycles. The Bertz CT molecular complexity index is 175. The van der Waals surface area contributed by atoms with Crippen LogP contribution in [0, 0.1) is 10.1 Å². The Morgan fingerprint density at radius 1 is 1.45 bits per heavy atom. The average Bonchev–Trinajstić information content (AvgIpc) is 2.35. The third-order valence-electron chi connectivity index (χ3n) is 1.72. The van der Waals surface area contributed by atoms with Crippen LogP contribution in [0.4, 0.5) is 0 Å². The molecule has 0 unspecified atom stereocenters. The summed E-state index contributed by atoms with van der Waals surface area (Å²) in [4.78, 5) is 21.8. The van der Waals surface area contributed by atoms with Crippen LogP contribution in [0.2, 0.25) is 0 Å². The molecule has 1 rings (SSSR count). The van der Waals surface area contributed by atoms with Crippen LogP contribution in [-0.4, -0.2) is 35.4 Å². The first kappa shape index (κ1) is 7.97. The van der Waals surface area contributed by atoms with Gasteiger partial charge in [-0.3, -0.25) is 14.9 Å². The Morgan fingerprint density at radius 2 is 2.00 bits per heavy atom. The number of carbonyl (C=O) groups excluding carboxylic acids is 1. The summed E-state index contributed by atoms with van der Waals surface area (Å²) in [5.74, 6) is -0.354. The number of nitro groups is 1. The van der Waals surface area contributed by atoms with E-state index in [0.29, 0.717) is 13.1 Å². The molecule has 62 valence electrons. The van der Waals surface area contributed by atoms with Gasteiger partial charge in [0.15, 0.2) is 0 Å². The van der Waals surface area contributed by atoms with Crippen molar-refractivity contribution in [1.82, 2.24) is 4.90 Å². The molecule has 0 N–H and O–H groups in total. The standard InChI is InChI=1S/C6H10N2O3/c9-6(5-8(10)11)7-3-1-2-4-7/h1-5H2. The molecule has 0 aromatic rings. The van der Waals surface area contributed by atoms with Crippen molar-refractivity contribution in [2.75, 3.05) is 19.6 Å². The first-order chi connectivity index (χ1) is 5.20. The molecule has 11 heavy (non-hydrogen) atoms. The number of hydrogen-bond acceptors (Lipinski definition) is 3. The lowest BCUT2D eigenvalue weighted by atomic mass is 10.4. The molecule has 0 aromatic carbocycles. The van der Waals surface area contributed by atoms with Gasteiger partial charge in [-0.05, 0) is 12.8 Å². The second-order valence-electron chi connectivity index (χ2n) is 2.58. The molecule has 5 heteroatoms. The van der Waals surface area contributed by atoms with Crippen LogP contribution in [0.25, 0.3) is 0 Å². The van der Waals surface area contributed by atoms with E-state index in [1.54, 1.807) is 4.90 Å². The van der Waals surface area contributed by atoms with Crippen LogP contribution in [0.1, 0.15) is 12.8 Å². The van der Waals surface area contributed by atoms with Gasteiger partial charge in [-0.2, -0.15) is 0 Å².